The van der Waals surface area contributed by atoms with Crippen molar-refractivity contribution in [1.29, 1.82) is 0 Å². The van der Waals surface area contributed by atoms with Gasteiger partial charge >= 0.3 is 6.03 Å². The van der Waals surface area contributed by atoms with Crippen molar-refractivity contribution in [1.82, 2.24) is 20.4 Å². The van der Waals surface area contributed by atoms with Gasteiger partial charge < -0.3 is 10.6 Å². The van der Waals surface area contributed by atoms with E-state index in [1.807, 2.05) is 7.05 Å². The van der Waals surface area contributed by atoms with Crippen LogP contribution >= 0.6 is 0 Å². The lowest BCUT2D eigenvalue weighted by Gasteiger charge is -2.13. The maximum absolute atomic E-state index is 11.6. The van der Waals surface area contributed by atoms with Crippen LogP contribution in [-0.4, -0.2) is 28.9 Å². The molecule has 1 aromatic rings. The number of urea groups is 1. The summed E-state index contributed by atoms with van der Waals surface area (Å²) in [5, 5.41) is 13.2. The minimum atomic E-state index is -0.235. The standard InChI is InChI=1S/C11H17N5O/c1-3-5-13-11(17)14-10-8-7-12-6-4-9(8)15-16(10)2/h3,12H,1,4-7H2,2H3,(H2,13,14,17). The van der Waals surface area contributed by atoms with Crippen LogP contribution in [0.5, 0.6) is 0 Å². The molecular weight excluding hydrogens is 218 g/mol. The van der Waals surface area contributed by atoms with E-state index >= 15 is 0 Å². The number of hydrogen-bond acceptors (Lipinski definition) is 3. The second-order valence-electron chi connectivity index (χ2n) is 3.95. The summed E-state index contributed by atoms with van der Waals surface area (Å²) in [5.74, 6) is 0.758. The maximum atomic E-state index is 11.6. The molecule has 0 fully saturated rings. The molecule has 2 amide bonds. The molecular formula is C11H17N5O. The molecule has 0 unspecified atom stereocenters. The quantitative estimate of drug-likeness (QED) is 0.663. The molecule has 3 N–H and O–H groups in total. The van der Waals surface area contributed by atoms with Gasteiger partial charge in [-0.3, -0.25) is 10.00 Å². The predicted octanol–water partition coefficient (Wildman–Crippen LogP) is 0.373. The molecule has 17 heavy (non-hydrogen) atoms. The van der Waals surface area contributed by atoms with Crippen LogP contribution in [0.4, 0.5) is 10.6 Å². The van der Waals surface area contributed by atoms with E-state index in [4.69, 9.17) is 0 Å². The van der Waals surface area contributed by atoms with Crippen LogP contribution in [0.1, 0.15) is 11.3 Å². The second-order valence-corrected chi connectivity index (χ2v) is 3.95. The molecule has 0 bridgehead atoms. The van der Waals surface area contributed by atoms with Crippen LogP contribution < -0.4 is 16.0 Å². The normalized spacial score (nSPS) is 13.9. The van der Waals surface area contributed by atoms with Crippen LogP contribution in [0, 0.1) is 0 Å². The number of anilines is 1. The number of aromatic nitrogens is 2. The predicted molar refractivity (Wildman–Crippen MR) is 65.8 cm³/mol. The highest BCUT2D eigenvalue weighted by Gasteiger charge is 2.19. The highest BCUT2D eigenvalue weighted by Crippen LogP contribution is 2.21. The topological polar surface area (TPSA) is 71.0 Å². The van der Waals surface area contributed by atoms with Gasteiger partial charge in [0.1, 0.15) is 5.82 Å². The van der Waals surface area contributed by atoms with E-state index in [2.05, 4.69) is 27.6 Å². The molecule has 2 heterocycles. The van der Waals surface area contributed by atoms with Crippen LogP contribution in [-0.2, 0) is 20.0 Å². The highest BCUT2D eigenvalue weighted by atomic mass is 16.2. The lowest BCUT2D eigenvalue weighted by molar-refractivity contribution is 0.253. The minimum absolute atomic E-state index is 0.235. The Morgan fingerprint density at radius 2 is 2.53 bits per heavy atom. The third kappa shape index (κ3) is 2.47. The first kappa shape index (κ1) is 11.7. The molecule has 1 aliphatic heterocycles. The number of hydrogen-bond donors (Lipinski definition) is 3. The van der Waals surface area contributed by atoms with Gasteiger partial charge in [-0.05, 0) is 0 Å². The Morgan fingerprint density at radius 1 is 1.71 bits per heavy atom. The molecule has 2 rings (SSSR count). The van der Waals surface area contributed by atoms with Crippen LogP contribution in [0.25, 0.3) is 0 Å². The Morgan fingerprint density at radius 3 is 3.29 bits per heavy atom. The van der Waals surface area contributed by atoms with Gasteiger partial charge in [0, 0.05) is 38.7 Å². The van der Waals surface area contributed by atoms with E-state index in [9.17, 15) is 4.79 Å². The first-order chi connectivity index (χ1) is 8.22. The van der Waals surface area contributed by atoms with Crippen molar-refractivity contribution in [2.75, 3.05) is 18.4 Å². The van der Waals surface area contributed by atoms with E-state index in [-0.39, 0.29) is 6.03 Å². The van der Waals surface area contributed by atoms with Gasteiger partial charge in [0.25, 0.3) is 0 Å². The number of carbonyl (C=O) groups excluding carboxylic acids is 1. The molecule has 6 heteroatoms. The van der Waals surface area contributed by atoms with Gasteiger partial charge in [0.2, 0.25) is 0 Å². The van der Waals surface area contributed by atoms with Crippen molar-refractivity contribution < 1.29 is 4.79 Å². The minimum Gasteiger partial charge on any atom is -0.334 e. The Hall–Kier alpha value is -1.82. The number of aryl methyl sites for hydroxylation is 1. The zero-order valence-electron chi connectivity index (χ0n) is 9.92. The summed E-state index contributed by atoms with van der Waals surface area (Å²) in [6.45, 7) is 5.68. The molecule has 0 saturated carbocycles. The molecule has 6 nitrogen and oxygen atoms in total. The molecule has 92 valence electrons. The summed E-state index contributed by atoms with van der Waals surface area (Å²) in [6.07, 6.45) is 2.54. The number of carbonyl (C=O) groups is 1. The SMILES string of the molecule is C=CCNC(=O)Nc1c2c(nn1C)CCNC2. The number of rotatable bonds is 3. The fraction of sp³-hybridized carbons (Fsp3) is 0.455. The van der Waals surface area contributed by atoms with E-state index < -0.39 is 0 Å². The number of amides is 2. The average Bonchev–Trinajstić information content (AvgIpc) is 2.64. The molecule has 0 radical (unpaired) electrons. The zero-order valence-corrected chi connectivity index (χ0v) is 9.92. The maximum Gasteiger partial charge on any atom is 0.320 e. The largest absolute Gasteiger partial charge is 0.334 e. The number of nitrogens with zero attached hydrogens (tertiary/aromatic N) is 2. The lowest BCUT2D eigenvalue weighted by Crippen LogP contribution is -2.30. The van der Waals surface area contributed by atoms with Gasteiger partial charge in [-0.2, -0.15) is 5.10 Å². The Bertz CT molecular complexity index is 437. The highest BCUT2D eigenvalue weighted by molar-refractivity contribution is 5.89. The molecule has 1 aliphatic rings. The van der Waals surface area contributed by atoms with Gasteiger partial charge in [-0.15, -0.1) is 6.58 Å². The molecule has 0 spiro atoms. The Labute approximate surface area is 100 Å². The van der Waals surface area contributed by atoms with Crippen molar-refractivity contribution in [3.63, 3.8) is 0 Å². The Kier molecular flexibility index (Phi) is 3.43. The van der Waals surface area contributed by atoms with Crippen molar-refractivity contribution in [2.45, 2.75) is 13.0 Å². The fourth-order valence-electron chi connectivity index (χ4n) is 1.90. The second kappa shape index (κ2) is 5.01. The third-order valence-electron chi connectivity index (χ3n) is 2.71. The number of nitrogens with one attached hydrogen (secondary N) is 3. The zero-order chi connectivity index (χ0) is 12.3. The Balaban J connectivity index is 2.12. The van der Waals surface area contributed by atoms with E-state index in [1.165, 1.54) is 0 Å². The first-order valence-corrected chi connectivity index (χ1v) is 5.63. The van der Waals surface area contributed by atoms with Gasteiger partial charge in [0.15, 0.2) is 0 Å². The smallest absolute Gasteiger partial charge is 0.320 e. The van der Waals surface area contributed by atoms with Crippen molar-refractivity contribution in [3.05, 3.63) is 23.9 Å². The first-order valence-electron chi connectivity index (χ1n) is 5.63. The van der Waals surface area contributed by atoms with Crippen LogP contribution in [0.15, 0.2) is 12.7 Å². The summed E-state index contributed by atoms with van der Waals surface area (Å²) >= 11 is 0. The van der Waals surface area contributed by atoms with E-state index in [0.717, 1.165) is 36.6 Å². The van der Waals surface area contributed by atoms with E-state index in [1.54, 1.807) is 10.8 Å². The van der Waals surface area contributed by atoms with Gasteiger partial charge in [0.05, 0.1) is 5.69 Å². The fourth-order valence-corrected chi connectivity index (χ4v) is 1.90. The molecule has 0 atom stereocenters. The van der Waals surface area contributed by atoms with Crippen molar-refractivity contribution >= 4 is 11.8 Å². The molecule has 0 aliphatic carbocycles. The molecule has 1 aromatic heterocycles. The van der Waals surface area contributed by atoms with Crippen molar-refractivity contribution in [3.8, 4) is 0 Å². The molecule has 0 aromatic carbocycles. The summed E-state index contributed by atoms with van der Waals surface area (Å²) in [5.41, 5.74) is 2.14. The summed E-state index contributed by atoms with van der Waals surface area (Å²) in [6, 6.07) is -0.235. The van der Waals surface area contributed by atoms with Gasteiger partial charge in [-0.1, -0.05) is 6.08 Å². The third-order valence-corrected chi connectivity index (χ3v) is 2.71. The summed E-state index contributed by atoms with van der Waals surface area (Å²) in [4.78, 5) is 11.6. The average molecular weight is 235 g/mol. The summed E-state index contributed by atoms with van der Waals surface area (Å²) in [7, 11) is 1.83. The number of fused-ring (bicyclic) bond motifs is 1. The van der Waals surface area contributed by atoms with Gasteiger partial charge in [-0.25, -0.2) is 4.79 Å². The van der Waals surface area contributed by atoms with E-state index in [0.29, 0.717) is 6.54 Å². The van der Waals surface area contributed by atoms with Crippen molar-refractivity contribution in [2.24, 2.45) is 7.05 Å². The monoisotopic (exact) mass is 235 g/mol. The lowest BCUT2D eigenvalue weighted by atomic mass is 10.1. The van der Waals surface area contributed by atoms with Crippen LogP contribution in [0.2, 0.25) is 0 Å². The molecule has 0 saturated heterocycles. The summed E-state index contributed by atoms with van der Waals surface area (Å²) < 4.78 is 1.71. The van der Waals surface area contributed by atoms with Crippen LogP contribution in [0.3, 0.4) is 0 Å².